The van der Waals surface area contributed by atoms with Crippen LogP contribution in [-0.2, 0) is 6.54 Å². The number of carbonyl (C=O) groups excluding carboxylic acids is 1. The molecule has 3 N–H and O–H groups in total. The minimum atomic E-state index is -0.158. The smallest absolute Gasteiger partial charge is 0.254 e. The molecule has 6 nitrogen and oxygen atoms in total. The maximum Gasteiger partial charge on any atom is 0.254 e. The molecule has 1 atom stereocenters. The summed E-state index contributed by atoms with van der Waals surface area (Å²) in [5.74, 6) is 0.656. The normalized spacial score (nSPS) is 12.0. The summed E-state index contributed by atoms with van der Waals surface area (Å²) in [6, 6.07) is 7.68. The van der Waals surface area contributed by atoms with E-state index in [2.05, 4.69) is 10.4 Å². The SMILES string of the molecule is COc1ccc(Cn2cc(C(=O)N[C@@H](C)CN)cn2)cc1. The lowest BCUT2D eigenvalue weighted by Gasteiger charge is -2.09. The van der Waals surface area contributed by atoms with E-state index >= 15 is 0 Å². The first-order chi connectivity index (χ1) is 10.1. The second-order valence-electron chi connectivity index (χ2n) is 4.88. The molecule has 0 saturated heterocycles. The number of amides is 1. The molecule has 0 bridgehead atoms. The standard InChI is InChI=1S/C15H20N4O2/c1-11(7-16)18-15(20)13-8-17-19(10-13)9-12-3-5-14(21-2)6-4-12/h3-6,8,10-11H,7,9,16H2,1-2H3,(H,18,20)/t11-/m0/s1. The maximum atomic E-state index is 11.9. The van der Waals surface area contributed by atoms with Crippen LogP contribution < -0.4 is 15.8 Å². The van der Waals surface area contributed by atoms with Crippen molar-refractivity contribution in [3.63, 3.8) is 0 Å². The van der Waals surface area contributed by atoms with E-state index in [4.69, 9.17) is 10.5 Å². The molecule has 21 heavy (non-hydrogen) atoms. The molecule has 1 amide bonds. The fourth-order valence-electron chi connectivity index (χ4n) is 1.85. The Bertz CT molecular complexity index is 592. The van der Waals surface area contributed by atoms with Gasteiger partial charge in [0.2, 0.25) is 0 Å². The molecule has 0 aliphatic carbocycles. The van der Waals surface area contributed by atoms with Crippen LogP contribution in [0.5, 0.6) is 5.75 Å². The predicted molar refractivity (Wildman–Crippen MR) is 80.3 cm³/mol. The van der Waals surface area contributed by atoms with Crippen molar-refractivity contribution in [2.75, 3.05) is 13.7 Å². The van der Waals surface area contributed by atoms with Crippen LogP contribution in [0.4, 0.5) is 0 Å². The van der Waals surface area contributed by atoms with Gasteiger partial charge in [-0.15, -0.1) is 0 Å². The van der Waals surface area contributed by atoms with Crippen molar-refractivity contribution in [1.29, 1.82) is 0 Å². The second kappa shape index (κ2) is 6.90. The Kier molecular flexibility index (Phi) is 4.94. The van der Waals surface area contributed by atoms with Crippen molar-refractivity contribution in [1.82, 2.24) is 15.1 Å². The summed E-state index contributed by atoms with van der Waals surface area (Å²) >= 11 is 0. The molecule has 112 valence electrons. The van der Waals surface area contributed by atoms with Gasteiger partial charge in [0.05, 0.1) is 25.4 Å². The molecule has 0 radical (unpaired) electrons. The quantitative estimate of drug-likeness (QED) is 0.831. The Morgan fingerprint density at radius 1 is 1.43 bits per heavy atom. The Hall–Kier alpha value is -2.34. The molecule has 0 aliphatic rings. The molecule has 1 aromatic carbocycles. The first-order valence-corrected chi connectivity index (χ1v) is 6.78. The molecule has 2 aromatic rings. The van der Waals surface area contributed by atoms with Crippen LogP contribution in [0.25, 0.3) is 0 Å². The summed E-state index contributed by atoms with van der Waals surface area (Å²) in [5.41, 5.74) is 7.10. The molecule has 1 heterocycles. The summed E-state index contributed by atoms with van der Waals surface area (Å²) in [6.07, 6.45) is 3.28. The van der Waals surface area contributed by atoms with Crippen molar-refractivity contribution >= 4 is 5.91 Å². The van der Waals surface area contributed by atoms with E-state index in [1.54, 1.807) is 24.2 Å². The van der Waals surface area contributed by atoms with E-state index in [0.29, 0.717) is 18.7 Å². The van der Waals surface area contributed by atoms with E-state index < -0.39 is 0 Å². The van der Waals surface area contributed by atoms with E-state index in [0.717, 1.165) is 11.3 Å². The highest BCUT2D eigenvalue weighted by Crippen LogP contribution is 2.12. The van der Waals surface area contributed by atoms with Crippen LogP contribution in [0.15, 0.2) is 36.7 Å². The molecule has 0 aliphatic heterocycles. The predicted octanol–water partition coefficient (Wildman–Crippen LogP) is 1.02. The van der Waals surface area contributed by atoms with Crippen LogP contribution in [0, 0.1) is 0 Å². The average molecular weight is 288 g/mol. The van der Waals surface area contributed by atoms with Crippen LogP contribution in [0.2, 0.25) is 0 Å². The summed E-state index contributed by atoms with van der Waals surface area (Å²) in [4.78, 5) is 11.9. The summed E-state index contributed by atoms with van der Waals surface area (Å²) in [5, 5.41) is 7.01. The number of nitrogens with zero attached hydrogens (tertiary/aromatic N) is 2. The maximum absolute atomic E-state index is 11.9. The molecule has 0 saturated carbocycles. The highest BCUT2D eigenvalue weighted by Gasteiger charge is 2.11. The van der Waals surface area contributed by atoms with Gasteiger partial charge in [-0.3, -0.25) is 9.48 Å². The van der Waals surface area contributed by atoms with E-state index in [9.17, 15) is 4.79 Å². The Morgan fingerprint density at radius 2 is 2.14 bits per heavy atom. The van der Waals surface area contributed by atoms with Gasteiger partial charge in [0.1, 0.15) is 5.75 Å². The lowest BCUT2D eigenvalue weighted by Crippen LogP contribution is -2.37. The first kappa shape index (κ1) is 15.1. The van der Waals surface area contributed by atoms with Crippen molar-refractivity contribution in [3.8, 4) is 5.75 Å². The van der Waals surface area contributed by atoms with Crippen molar-refractivity contribution in [2.45, 2.75) is 19.5 Å². The summed E-state index contributed by atoms with van der Waals surface area (Å²) < 4.78 is 6.84. The fraction of sp³-hybridized carbons (Fsp3) is 0.333. The van der Waals surface area contributed by atoms with Gasteiger partial charge in [0, 0.05) is 18.8 Å². The minimum Gasteiger partial charge on any atom is -0.497 e. The topological polar surface area (TPSA) is 82.2 Å². The van der Waals surface area contributed by atoms with Gasteiger partial charge in [0.15, 0.2) is 0 Å². The zero-order valence-electron chi connectivity index (χ0n) is 12.2. The third-order valence-electron chi connectivity index (χ3n) is 3.13. The van der Waals surface area contributed by atoms with Crippen LogP contribution in [0.3, 0.4) is 0 Å². The first-order valence-electron chi connectivity index (χ1n) is 6.78. The minimum absolute atomic E-state index is 0.0533. The monoisotopic (exact) mass is 288 g/mol. The Morgan fingerprint density at radius 3 is 2.76 bits per heavy atom. The van der Waals surface area contributed by atoms with Gasteiger partial charge >= 0.3 is 0 Å². The number of benzene rings is 1. The molecule has 1 aromatic heterocycles. The van der Waals surface area contributed by atoms with Gasteiger partial charge in [-0.2, -0.15) is 5.10 Å². The molecule has 0 fully saturated rings. The number of aromatic nitrogens is 2. The number of rotatable bonds is 6. The molecular weight excluding hydrogens is 268 g/mol. The molecule has 2 rings (SSSR count). The number of nitrogens with one attached hydrogen (secondary N) is 1. The third kappa shape index (κ3) is 4.06. The number of nitrogens with two attached hydrogens (primary N) is 1. The number of hydrogen-bond donors (Lipinski definition) is 2. The van der Waals surface area contributed by atoms with E-state index in [-0.39, 0.29) is 11.9 Å². The van der Waals surface area contributed by atoms with Crippen LogP contribution in [-0.4, -0.2) is 35.4 Å². The lowest BCUT2D eigenvalue weighted by molar-refractivity contribution is 0.0941. The largest absolute Gasteiger partial charge is 0.497 e. The average Bonchev–Trinajstić information content (AvgIpc) is 2.96. The van der Waals surface area contributed by atoms with Crippen molar-refractivity contribution in [3.05, 3.63) is 47.8 Å². The molecule has 6 heteroatoms. The van der Waals surface area contributed by atoms with Gasteiger partial charge in [0.25, 0.3) is 5.91 Å². The van der Waals surface area contributed by atoms with Gasteiger partial charge in [-0.25, -0.2) is 0 Å². The molecular formula is C15H20N4O2. The molecule has 0 unspecified atom stereocenters. The Labute approximate surface area is 123 Å². The fourth-order valence-corrected chi connectivity index (χ4v) is 1.85. The summed E-state index contributed by atoms with van der Waals surface area (Å²) in [6.45, 7) is 2.87. The van der Waals surface area contributed by atoms with Gasteiger partial charge in [-0.05, 0) is 24.6 Å². The second-order valence-corrected chi connectivity index (χ2v) is 4.88. The van der Waals surface area contributed by atoms with Crippen LogP contribution in [0.1, 0.15) is 22.8 Å². The van der Waals surface area contributed by atoms with E-state index in [1.165, 1.54) is 0 Å². The van der Waals surface area contributed by atoms with Crippen molar-refractivity contribution in [2.24, 2.45) is 5.73 Å². The van der Waals surface area contributed by atoms with Crippen molar-refractivity contribution < 1.29 is 9.53 Å². The zero-order chi connectivity index (χ0) is 15.2. The number of ether oxygens (including phenoxy) is 1. The number of hydrogen-bond acceptors (Lipinski definition) is 4. The van der Waals surface area contributed by atoms with E-state index in [1.807, 2.05) is 31.2 Å². The van der Waals surface area contributed by atoms with Gasteiger partial charge < -0.3 is 15.8 Å². The summed E-state index contributed by atoms with van der Waals surface area (Å²) in [7, 11) is 1.63. The zero-order valence-corrected chi connectivity index (χ0v) is 12.2. The number of methoxy groups -OCH3 is 1. The van der Waals surface area contributed by atoms with Crippen LogP contribution >= 0.6 is 0 Å². The highest BCUT2D eigenvalue weighted by atomic mass is 16.5. The highest BCUT2D eigenvalue weighted by molar-refractivity contribution is 5.93. The Balaban J connectivity index is 2.00. The molecule has 0 spiro atoms. The number of carbonyl (C=O) groups is 1. The van der Waals surface area contributed by atoms with Gasteiger partial charge in [-0.1, -0.05) is 12.1 Å². The lowest BCUT2D eigenvalue weighted by atomic mass is 10.2. The third-order valence-corrected chi connectivity index (χ3v) is 3.13.